The van der Waals surface area contributed by atoms with Gasteiger partial charge in [-0.15, -0.1) is 0 Å². The number of nitrogens with zero attached hydrogens (tertiary/aromatic N) is 2. The molecule has 0 bridgehead atoms. The quantitative estimate of drug-likeness (QED) is 0.160. The zero-order valence-electron chi connectivity index (χ0n) is 27.5. The van der Waals surface area contributed by atoms with Gasteiger partial charge in [-0.2, -0.15) is 8.42 Å². The van der Waals surface area contributed by atoms with Crippen LogP contribution in [0.2, 0.25) is 0 Å². The lowest BCUT2D eigenvalue weighted by molar-refractivity contribution is -0.921. The molecule has 43 heavy (non-hydrogen) atoms. The number of benzene rings is 2. The van der Waals surface area contributed by atoms with Gasteiger partial charge < -0.3 is 26.8 Å². The number of unbranched alkanes of at least 4 members (excludes halogenated alkanes) is 1. The number of rotatable bonds is 16. The highest BCUT2D eigenvalue weighted by molar-refractivity contribution is 7.85. The number of amides is 1. The van der Waals surface area contributed by atoms with E-state index < -0.39 is 10.1 Å². The second-order valence-corrected chi connectivity index (χ2v) is 13.2. The number of aryl methyl sites for hydroxylation is 4. The van der Waals surface area contributed by atoms with Crippen LogP contribution in [0.15, 0.2) is 36.4 Å². The molecule has 244 valence electrons. The molecule has 0 heterocycles. The van der Waals surface area contributed by atoms with Crippen molar-refractivity contribution in [3.63, 3.8) is 0 Å². The lowest BCUT2D eigenvalue weighted by Gasteiger charge is -2.38. The Morgan fingerprint density at radius 3 is 1.79 bits per heavy atom. The molecule has 10 heteroatoms. The summed E-state index contributed by atoms with van der Waals surface area (Å²) in [5, 5.41) is 3.09. The van der Waals surface area contributed by atoms with E-state index in [0.717, 1.165) is 73.2 Å². The van der Waals surface area contributed by atoms with Gasteiger partial charge in [0.2, 0.25) is 5.91 Å². The monoisotopic (exact) mass is 683 g/mol. The van der Waals surface area contributed by atoms with Crippen molar-refractivity contribution in [1.29, 1.82) is 0 Å². The zero-order chi connectivity index (χ0) is 31.9. The summed E-state index contributed by atoms with van der Waals surface area (Å²) in [5.41, 5.74) is 6.71. The van der Waals surface area contributed by atoms with Crippen LogP contribution in [0.4, 0.5) is 5.69 Å². The minimum atomic E-state index is -3.67. The number of Topliss-reactive ketones (excluding diaryl/α,β-unsaturated/α-hetero) is 1. The van der Waals surface area contributed by atoms with Crippen molar-refractivity contribution in [2.24, 2.45) is 0 Å². The molecular weight excluding hydrogens is 630 g/mol. The predicted molar refractivity (Wildman–Crippen MR) is 174 cm³/mol. The average molecular weight is 685 g/mol. The van der Waals surface area contributed by atoms with Gasteiger partial charge in [0.1, 0.15) is 6.54 Å². The highest BCUT2D eigenvalue weighted by Crippen LogP contribution is 2.20. The third-order valence-corrected chi connectivity index (χ3v) is 7.51. The molecule has 0 saturated heterocycles. The summed E-state index contributed by atoms with van der Waals surface area (Å²) < 4.78 is 26.8. The minimum absolute atomic E-state index is 0. The number of hydrogen-bond donors (Lipinski definition) is 2. The molecule has 2 aromatic rings. The molecule has 0 aliphatic rings. The molecule has 0 aliphatic heterocycles. The Hall–Kier alpha value is -2.11. The standard InChI is InChI=1S/C32H49N3O2.CH4O3S.BrH/c1-8-19-35(20-9-2,24-29(36)22-30-25(3)14-12-15-26(30)4)21-11-10-18-34(7)23-31(37)33-32-27(5)16-13-17-28(32)6;1-5(2,3)4;/h12-17H,8-11,18-24H2,1-7H3;1H3,(H,2,3,4);1H. The summed E-state index contributed by atoms with van der Waals surface area (Å²) in [6.07, 6.45) is 5.48. The van der Waals surface area contributed by atoms with Gasteiger partial charge in [-0.3, -0.25) is 19.0 Å². The number of quaternary nitrogens is 1. The van der Waals surface area contributed by atoms with Gasteiger partial charge in [0.25, 0.3) is 10.1 Å². The largest absolute Gasteiger partial charge is 1.00 e. The van der Waals surface area contributed by atoms with Gasteiger partial charge in [0.15, 0.2) is 5.78 Å². The fraction of sp³-hybridized carbons (Fsp3) is 0.576. The summed E-state index contributed by atoms with van der Waals surface area (Å²) >= 11 is 0. The average Bonchev–Trinajstić information content (AvgIpc) is 2.86. The van der Waals surface area contributed by atoms with E-state index in [4.69, 9.17) is 4.55 Å². The second-order valence-electron chi connectivity index (χ2n) is 11.7. The normalized spacial score (nSPS) is 11.4. The summed E-state index contributed by atoms with van der Waals surface area (Å²) in [7, 11) is -1.65. The van der Waals surface area contributed by atoms with E-state index in [2.05, 4.69) is 56.1 Å². The molecule has 2 rings (SSSR count). The van der Waals surface area contributed by atoms with E-state index in [-0.39, 0.29) is 22.9 Å². The van der Waals surface area contributed by atoms with E-state index >= 15 is 0 Å². The van der Waals surface area contributed by atoms with E-state index in [1.165, 1.54) is 16.7 Å². The van der Waals surface area contributed by atoms with Crippen molar-refractivity contribution < 1.29 is 44.0 Å². The molecule has 0 unspecified atom stereocenters. The number of halogens is 1. The fourth-order valence-corrected chi connectivity index (χ4v) is 5.62. The minimum Gasteiger partial charge on any atom is -1.00 e. The summed E-state index contributed by atoms with van der Waals surface area (Å²) in [5.74, 6) is 0.374. The first kappa shape index (κ1) is 40.9. The molecule has 0 fully saturated rings. The van der Waals surface area contributed by atoms with Crippen LogP contribution in [-0.2, 0) is 26.1 Å². The Labute approximate surface area is 271 Å². The van der Waals surface area contributed by atoms with Gasteiger partial charge in [-0.05, 0) is 94.8 Å². The van der Waals surface area contributed by atoms with Crippen LogP contribution >= 0.6 is 0 Å². The first-order chi connectivity index (χ1) is 19.6. The predicted octanol–water partition coefficient (Wildman–Crippen LogP) is 2.53. The van der Waals surface area contributed by atoms with Gasteiger partial charge in [0, 0.05) is 12.1 Å². The molecule has 8 nitrogen and oxygen atoms in total. The third-order valence-electron chi connectivity index (χ3n) is 7.51. The number of likely N-dealkylation sites (N-methyl/N-ethyl adjacent to an activating group) is 1. The van der Waals surface area contributed by atoms with Crippen LogP contribution < -0.4 is 22.3 Å². The Morgan fingerprint density at radius 1 is 0.860 bits per heavy atom. The van der Waals surface area contributed by atoms with Gasteiger partial charge in [-0.25, -0.2) is 0 Å². The first-order valence-electron chi connectivity index (χ1n) is 15.0. The fourth-order valence-electron chi connectivity index (χ4n) is 5.62. The molecule has 0 aromatic heterocycles. The summed E-state index contributed by atoms with van der Waals surface area (Å²) in [6, 6.07) is 12.3. The molecule has 0 radical (unpaired) electrons. The van der Waals surface area contributed by atoms with Crippen LogP contribution in [0.5, 0.6) is 0 Å². The third kappa shape index (κ3) is 16.5. The first-order valence-corrected chi connectivity index (χ1v) is 16.8. The van der Waals surface area contributed by atoms with Crippen LogP contribution in [0.25, 0.3) is 0 Å². The van der Waals surface area contributed by atoms with E-state index in [1.54, 1.807) is 0 Å². The van der Waals surface area contributed by atoms with Crippen molar-refractivity contribution in [2.75, 3.05) is 57.9 Å². The van der Waals surface area contributed by atoms with E-state index in [0.29, 0.717) is 31.5 Å². The number of nitrogens with one attached hydrogen (secondary N) is 1. The van der Waals surface area contributed by atoms with E-state index in [1.807, 2.05) is 39.1 Å². The number of para-hydroxylation sites is 1. The number of carbonyl (C=O) groups is 2. The van der Waals surface area contributed by atoms with E-state index in [9.17, 15) is 18.0 Å². The maximum absolute atomic E-state index is 13.3. The number of hydrogen-bond acceptors (Lipinski definition) is 5. The van der Waals surface area contributed by atoms with Crippen molar-refractivity contribution in [1.82, 2.24) is 4.90 Å². The SMILES string of the molecule is CCC[N+](CCC)(CCCCN(C)CC(=O)Nc1c(C)cccc1C)CC(=O)Cc1c(C)cccc1C.CS(=O)(=O)O.[Br-]. The summed E-state index contributed by atoms with van der Waals surface area (Å²) in [4.78, 5) is 28.0. The molecule has 0 saturated carbocycles. The van der Waals surface area contributed by atoms with Gasteiger partial charge in [-0.1, -0.05) is 50.2 Å². The molecule has 0 atom stereocenters. The highest BCUT2D eigenvalue weighted by Gasteiger charge is 2.29. The van der Waals surface area contributed by atoms with Crippen LogP contribution in [-0.4, -0.2) is 86.6 Å². The molecule has 0 spiro atoms. The smallest absolute Gasteiger partial charge is 0.261 e. The lowest BCUT2D eigenvalue weighted by Crippen LogP contribution is -3.00. The van der Waals surface area contributed by atoms with Crippen LogP contribution in [0, 0.1) is 27.7 Å². The highest BCUT2D eigenvalue weighted by atomic mass is 79.9. The summed E-state index contributed by atoms with van der Waals surface area (Å²) in [6.45, 7) is 17.7. The van der Waals surface area contributed by atoms with Crippen molar-refractivity contribution in [2.45, 2.75) is 73.6 Å². The second kappa shape index (κ2) is 20.0. The number of ketones is 1. The maximum Gasteiger partial charge on any atom is 0.261 e. The Morgan fingerprint density at radius 2 is 1.33 bits per heavy atom. The lowest BCUT2D eigenvalue weighted by atomic mass is 9.97. The van der Waals surface area contributed by atoms with Crippen molar-refractivity contribution in [3.8, 4) is 0 Å². The molecule has 0 aliphatic carbocycles. The molecule has 2 aromatic carbocycles. The number of anilines is 1. The Balaban J connectivity index is 0.00000270. The van der Waals surface area contributed by atoms with Gasteiger partial charge >= 0.3 is 0 Å². The molecule has 2 N–H and O–H groups in total. The van der Waals surface area contributed by atoms with Crippen molar-refractivity contribution in [3.05, 3.63) is 64.2 Å². The topological polar surface area (TPSA) is 104 Å². The Bertz CT molecular complexity index is 1210. The molecule has 1 amide bonds. The van der Waals surface area contributed by atoms with Crippen molar-refractivity contribution >= 4 is 27.5 Å². The maximum atomic E-state index is 13.3. The van der Waals surface area contributed by atoms with Crippen LogP contribution in [0.3, 0.4) is 0 Å². The molecular formula is C33H54BrN3O5S. The number of carbonyl (C=O) groups excluding carboxylic acids is 2. The Kier molecular flexibility index (Phi) is 19.0. The van der Waals surface area contributed by atoms with Crippen LogP contribution in [0.1, 0.15) is 67.3 Å². The van der Waals surface area contributed by atoms with Gasteiger partial charge in [0.05, 0.1) is 32.4 Å². The zero-order valence-corrected chi connectivity index (χ0v) is 29.9.